The Morgan fingerprint density at radius 2 is 1.79 bits per heavy atom. The van der Waals surface area contributed by atoms with E-state index < -0.39 is 0 Å². The lowest BCUT2D eigenvalue weighted by atomic mass is 9.86. The maximum Gasteiger partial charge on any atom is 0.225 e. The average molecular weight is 336 g/mol. The molecule has 1 amide bonds. The molecule has 0 atom stereocenters. The molecule has 1 aromatic rings. The van der Waals surface area contributed by atoms with Crippen LogP contribution in [0, 0.1) is 11.7 Å². The summed E-state index contributed by atoms with van der Waals surface area (Å²) < 4.78 is 14.3. The van der Waals surface area contributed by atoms with E-state index in [2.05, 4.69) is 0 Å². The summed E-state index contributed by atoms with van der Waals surface area (Å²) in [5.41, 5.74) is 0.793. The molecule has 0 aromatic heterocycles. The van der Waals surface area contributed by atoms with Gasteiger partial charge < -0.3 is 20.0 Å². The summed E-state index contributed by atoms with van der Waals surface area (Å²) in [5.74, 6) is -0.179. The topological polar surface area (TPSA) is 64.0 Å². The zero-order chi connectivity index (χ0) is 17.1. The summed E-state index contributed by atoms with van der Waals surface area (Å²) in [6.45, 7) is 2.03. The van der Waals surface area contributed by atoms with Crippen molar-refractivity contribution in [3.8, 4) is 0 Å². The molecule has 1 aliphatic heterocycles. The Hall–Kier alpha value is -1.66. The highest BCUT2D eigenvalue weighted by atomic mass is 19.1. The Bertz CT molecular complexity index is 580. The molecule has 2 aliphatic rings. The second kappa shape index (κ2) is 7.49. The summed E-state index contributed by atoms with van der Waals surface area (Å²) in [4.78, 5) is 16.4. The zero-order valence-corrected chi connectivity index (χ0v) is 13.8. The van der Waals surface area contributed by atoms with Gasteiger partial charge in [0.25, 0.3) is 0 Å². The van der Waals surface area contributed by atoms with Crippen molar-refractivity contribution in [2.24, 2.45) is 5.92 Å². The highest BCUT2D eigenvalue weighted by Crippen LogP contribution is 2.28. The highest BCUT2D eigenvalue weighted by molar-refractivity contribution is 5.79. The molecule has 0 radical (unpaired) electrons. The molecule has 1 saturated carbocycles. The minimum absolute atomic E-state index is 0.0226. The fourth-order valence-electron chi connectivity index (χ4n) is 3.68. The molecule has 0 bridgehead atoms. The number of halogens is 1. The normalized spacial score (nSPS) is 25.0. The van der Waals surface area contributed by atoms with Gasteiger partial charge in [-0.15, -0.1) is 0 Å². The van der Waals surface area contributed by atoms with Gasteiger partial charge in [-0.05, 0) is 31.7 Å². The van der Waals surface area contributed by atoms with E-state index in [-0.39, 0.29) is 30.4 Å². The predicted molar refractivity (Wildman–Crippen MR) is 89.1 cm³/mol. The number of carbonyl (C=O) groups is 1. The summed E-state index contributed by atoms with van der Waals surface area (Å²) in [6.07, 6.45) is 2.67. The Morgan fingerprint density at radius 3 is 2.42 bits per heavy atom. The van der Waals surface area contributed by atoms with Gasteiger partial charge in [-0.2, -0.15) is 0 Å². The van der Waals surface area contributed by atoms with Gasteiger partial charge >= 0.3 is 0 Å². The minimum atomic E-state index is -0.374. The number of aliphatic hydroxyl groups excluding tert-OH is 2. The fraction of sp³-hybridized carbons (Fsp3) is 0.611. The van der Waals surface area contributed by atoms with E-state index in [0.717, 1.165) is 12.8 Å². The molecule has 1 aromatic carbocycles. The number of hydrogen-bond donors (Lipinski definition) is 2. The SMILES string of the molecule is O=C(C1CCC(O)CC1)N1CCN(c2cccc(CO)c2F)CC1. The number of piperazine rings is 1. The molecule has 24 heavy (non-hydrogen) atoms. The van der Waals surface area contributed by atoms with Crippen LogP contribution >= 0.6 is 0 Å². The molecule has 0 spiro atoms. The second-order valence-electron chi connectivity index (χ2n) is 6.73. The molecule has 1 saturated heterocycles. The van der Waals surface area contributed by atoms with Crippen molar-refractivity contribution in [3.63, 3.8) is 0 Å². The van der Waals surface area contributed by atoms with E-state index in [1.807, 2.05) is 9.80 Å². The molecule has 5 nitrogen and oxygen atoms in total. The van der Waals surface area contributed by atoms with E-state index in [4.69, 9.17) is 0 Å². The van der Waals surface area contributed by atoms with Gasteiger partial charge in [-0.1, -0.05) is 12.1 Å². The van der Waals surface area contributed by atoms with Gasteiger partial charge in [0.1, 0.15) is 0 Å². The van der Waals surface area contributed by atoms with Crippen molar-refractivity contribution in [2.75, 3.05) is 31.1 Å². The largest absolute Gasteiger partial charge is 0.393 e. The lowest BCUT2D eigenvalue weighted by Crippen LogP contribution is -2.51. The van der Waals surface area contributed by atoms with Crippen LogP contribution in [0.4, 0.5) is 10.1 Å². The quantitative estimate of drug-likeness (QED) is 0.878. The monoisotopic (exact) mass is 336 g/mol. The van der Waals surface area contributed by atoms with Crippen molar-refractivity contribution in [3.05, 3.63) is 29.6 Å². The van der Waals surface area contributed by atoms with Crippen LogP contribution in [-0.2, 0) is 11.4 Å². The van der Waals surface area contributed by atoms with Crippen LogP contribution in [0.25, 0.3) is 0 Å². The molecule has 132 valence electrons. The average Bonchev–Trinajstić information content (AvgIpc) is 2.62. The van der Waals surface area contributed by atoms with Crippen molar-refractivity contribution >= 4 is 11.6 Å². The third-order valence-electron chi connectivity index (χ3n) is 5.21. The number of benzene rings is 1. The second-order valence-corrected chi connectivity index (χ2v) is 6.73. The van der Waals surface area contributed by atoms with Crippen LogP contribution in [0.15, 0.2) is 18.2 Å². The van der Waals surface area contributed by atoms with Crippen molar-refractivity contribution in [1.82, 2.24) is 4.90 Å². The van der Waals surface area contributed by atoms with E-state index >= 15 is 0 Å². The van der Waals surface area contributed by atoms with E-state index in [1.165, 1.54) is 0 Å². The zero-order valence-electron chi connectivity index (χ0n) is 13.8. The fourth-order valence-corrected chi connectivity index (χ4v) is 3.68. The predicted octanol–water partition coefficient (Wildman–Crippen LogP) is 1.52. The Balaban J connectivity index is 1.59. The van der Waals surface area contributed by atoms with Gasteiger partial charge in [-0.3, -0.25) is 4.79 Å². The van der Waals surface area contributed by atoms with Crippen LogP contribution in [0.3, 0.4) is 0 Å². The van der Waals surface area contributed by atoms with Gasteiger partial charge in [0, 0.05) is 37.7 Å². The van der Waals surface area contributed by atoms with E-state index in [9.17, 15) is 19.4 Å². The lowest BCUT2D eigenvalue weighted by molar-refractivity contribution is -0.137. The highest BCUT2D eigenvalue weighted by Gasteiger charge is 2.31. The first kappa shape index (κ1) is 17.2. The molecule has 0 unspecified atom stereocenters. The summed E-state index contributed by atoms with van der Waals surface area (Å²) in [5, 5.41) is 18.8. The first-order chi connectivity index (χ1) is 11.6. The molecule has 2 N–H and O–H groups in total. The minimum Gasteiger partial charge on any atom is -0.393 e. The third kappa shape index (κ3) is 3.54. The number of aliphatic hydroxyl groups is 2. The maximum atomic E-state index is 14.3. The number of nitrogens with zero attached hydrogens (tertiary/aromatic N) is 2. The van der Waals surface area contributed by atoms with Crippen LogP contribution in [-0.4, -0.2) is 53.3 Å². The number of amides is 1. The summed E-state index contributed by atoms with van der Waals surface area (Å²) in [7, 11) is 0. The molecule has 1 heterocycles. The Kier molecular flexibility index (Phi) is 5.36. The molecule has 2 fully saturated rings. The van der Waals surface area contributed by atoms with Crippen molar-refractivity contribution in [1.29, 1.82) is 0 Å². The van der Waals surface area contributed by atoms with Crippen molar-refractivity contribution in [2.45, 2.75) is 38.4 Å². The summed E-state index contributed by atoms with van der Waals surface area (Å²) >= 11 is 0. The smallest absolute Gasteiger partial charge is 0.225 e. The molecule has 1 aliphatic carbocycles. The molecule has 6 heteroatoms. The number of carbonyl (C=O) groups excluding carboxylic acids is 1. The van der Waals surface area contributed by atoms with Gasteiger partial charge in [0.05, 0.1) is 18.4 Å². The number of hydrogen-bond acceptors (Lipinski definition) is 4. The van der Waals surface area contributed by atoms with Crippen LogP contribution in [0.1, 0.15) is 31.2 Å². The first-order valence-corrected chi connectivity index (χ1v) is 8.70. The third-order valence-corrected chi connectivity index (χ3v) is 5.21. The Labute approximate surface area is 141 Å². The van der Waals surface area contributed by atoms with Crippen LogP contribution < -0.4 is 4.90 Å². The molecular weight excluding hydrogens is 311 g/mol. The van der Waals surface area contributed by atoms with E-state index in [0.29, 0.717) is 50.3 Å². The summed E-state index contributed by atoms with van der Waals surface area (Å²) in [6, 6.07) is 5.04. The first-order valence-electron chi connectivity index (χ1n) is 8.70. The van der Waals surface area contributed by atoms with Crippen LogP contribution in [0.2, 0.25) is 0 Å². The lowest BCUT2D eigenvalue weighted by Gasteiger charge is -2.38. The van der Waals surface area contributed by atoms with E-state index in [1.54, 1.807) is 18.2 Å². The maximum absolute atomic E-state index is 14.3. The van der Waals surface area contributed by atoms with Gasteiger partial charge in [0.2, 0.25) is 5.91 Å². The number of rotatable bonds is 3. The van der Waals surface area contributed by atoms with Crippen LogP contribution in [0.5, 0.6) is 0 Å². The Morgan fingerprint density at radius 1 is 1.12 bits per heavy atom. The number of anilines is 1. The molecule has 3 rings (SSSR count). The van der Waals surface area contributed by atoms with Gasteiger partial charge in [0.15, 0.2) is 5.82 Å². The van der Waals surface area contributed by atoms with Gasteiger partial charge in [-0.25, -0.2) is 4.39 Å². The molecular formula is C18H25FN2O3. The standard InChI is InChI=1S/C18H25FN2O3/c19-17-14(12-22)2-1-3-16(17)20-8-10-21(11-9-20)18(24)13-4-6-15(23)7-5-13/h1-3,13,15,22-23H,4-12H2. The van der Waals surface area contributed by atoms with Crippen molar-refractivity contribution < 1.29 is 19.4 Å².